The van der Waals surface area contributed by atoms with Crippen molar-refractivity contribution >= 4 is 5.69 Å². The number of aliphatic hydroxyl groups is 1. The summed E-state index contributed by atoms with van der Waals surface area (Å²) in [5, 5.41) is 13.0. The maximum absolute atomic E-state index is 9.79. The fourth-order valence-corrected chi connectivity index (χ4v) is 1.47. The quantitative estimate of drug-likeness (QED) is 0.667. The van der Waals surface area contributed by atoms with Gasteiger partial charge in [-0.05, 0) is 24.1 Å². The Morgan fingerprint density at radius 2 is 2.19 bits per heavy atom. The second-order valence-electron chi connectivity index (χ2n) is 4.48. The SMILES string of the molecule is CC(C)CNCC(O)Cc1cnccc1N. The summed E-state index contributed by atoms with van der Waals surface area (Å²) in [5.74, 6) is 0.593. The number of nitrogen functional groups attached to an aromatic ring is 1. The molecule has 0 radical (unpaired) electrons. The van der Waals surface area contributed by atoms with Crippen LogP contribution in [0.5, 0.6) is 0 Å². The summed E-state index contributed by atoms with van der Waals surface area (Å²) < 4.78 is 0. The Kier molecular flexibility index (Phi) is 5.22. The molecule has 0 aliphatic rings. The summed E-state index contributed by atoms with van der Waals surface area (Å²) in [6.45, 7) is 5.78. The molecule has 0 spiro atoms. The number of hydrogen-bond acceptors (Lipinski definition) is 4. The summed E-state index contributed by atoms with van der Waals surface area (Å²) in [5.41, 5.74) is 7.37. The molecule has 0 aliphatic heterocycles. The number of hydrogen-bond donors (Lipinski definition) is 3. The van der Waals surface area contributed by atoms with E-state index in [1.54, 1.807) is 18.5 Å². The van der Waals surface area contributed by atoms with Gasteiger partial charge in [0.25, 0.3) is 0 Å². The molecule has 0 aromatic carbocycles. The third kappa shape index (κ3) is 4.59. The Morgan fingerprint density at radius 3 is 2.81 bits per heavy atom. The van der Waals surface area contributed by atoms with Gasteiger partial charge in [-0.1, -0.05) is 13.8 Å². The summed E-state index contributed by atoms with van der Waals surface area (Å²) in [7, 11) is 0. The Bertz CT molecular complexity index is 315. The van der Waals surface area contributed by atoms with Crippen molar-refractivity contribution in [1.82, 2.24) is 10.3 Å². The van der Waals surface area contributed by atoms with Crippen LogP contribution < -0.4 is 11.1 Å². The van der Waals surface area contributed by atoms with Crippen molar-refractivity contribution in [2.45, 2.75) is 26.4 Å². The lowest BCUT2D eigenvalue weighted by Crippen LogP contribution is -2.31. The first kappa shape index (κ1) is 12.9. The lowest BCUT2D eigenvalue weighted by atomic mass is 10.1. The second kappa shape index (κ2) is 6.45. The average molecular weight is 223 g/mol. The minimum absolute atomic E-state index is 0.412. The van der Waals surface area contributed by atoms with Crippen LogP contribution in [0.25, 0.3) is 0 Å². The minimum Gasteiger partial charge on any atom is -0.398 e. The molecule has 16 heavy (non-hydrogen) atoms. The molecule has 0 fully saturated rings. The van der Waals surface area contributed by atoms with Crippen LogP contribution in [0.3, 0.4) is 0 Å². The number of aliphatic hydroxyl groups excluding tert-OH is 1. The van der Waals surface area contributed by atoms with Gasteiger partial charge in [0.1, 0.15) is 0 Å². The van der Waals surface area contributed by atoms with Crippen molar-refractivity contribution < 1.29 is 5.11 Å². The monoisotopic (exact) mass is 223 g/mol. The zero-order valence-corrected chi connectivity index (χ0v) is 9.98. The molecule has 1 unspecified atom stereocenters. The van der Waals surface area contributed by atoms with Crippen LogP contribution in [-0.2, 0) is 6.42 Å². The molecule has 1 aromatic rings. The van der Waals surface area contributed by atoms with E-state index >= 15 is 0 Å². The number of nitrogens with two attached hydrogens (primary N) is 1. The molecule has 0 aliphatic carbocycles. The van der Waals surface area contributed by atoms with Crippen molar-refractivity contribution in [2.75, 3.05) is 18.8 Å². The summed E-state index contributed by atoms with van der Waals surface area (Å²) in [4.78, 5) is 4.00. The normalized spacial score (nSPS) is 13.0. The molecule has 1 rings (SSSR count). The highest BCUT2D eigenvalue weighted by atomic mass is 16.3. The minimum atomic E-state index is -0.412. The molecule has 1 aromatic heterocycles. The lowest BCUT2D eigenvalue weighted by Gasteiger charge is -2.14. The van der Waals surface area contributed by atoms with Crippen molar-refractivity contribution in [3.05, 3.63) is 24.0 Å². The highest BCUT2D eigenvalue weighted by Gasteiger charge is 2.07. The molecular formula is C12H21N3O. The molecule has 4 heteroatoms. The van der Waals surface area contributed by atoms with Crippen molar-refractivity contribution in [3.8, 4) is 0 Å². The fourth-order valence-electron chi connectivity index (χ4n) is 1.47. The smallest absolute Gasteiger partial charge is 0.0706 e. The van der Waals surface area contributed by atoms with Crippen LogP contribution in [-0.4, -0.2) is 29.3 Å². The number of nitrogens with one attached hydrogen (secondary N) is 1. The Balaban J connectivity index is 2.34. The van der Waals surface area contributed by atoms with Crippen molar-refractivity contribution in [1.29, 1.82) is 0 Å². The predicted molar refractivity (Wildman–Crippen MR) is 66.1 cm³/mol. The van der Waals surface area contributed by atoms with Gasteiger partial charge in [0.05, 0.1) is 6.10 Å². The Morgan fingerprint density at radius 1 is 1.44 bits per heavy atom. The van der Waals surface area contributed by atoms with Gasteiger partial charge in [-0.2, -0.15) is 0 Å². The van der Waals surface area contributed by atoms with Crippen molar-refractivity contribution in [2.24, 2.45) is 5.92 Å². The maximum Gasteiger partial charge on any atom is 0.0706 e. The van der Waals surface area contributed by atoms with Crippen LogP contribution >= 0.6 is 0 Å². The first-order chi connectivity index (χ1) is 7.59. The molecule has 90 valence electrons. The standard InChI is InChI=1S/C12H21N3O/c1-9(2)6-15-8-11(16)5-10-7-14-4-3-12(10)13/h3-4,7,9,11,15-16H,5-6,8H2,1-2H3,(H2,13,14). The second-order valence-corrected chi connectivity index (χ2v) is 4.48. The van der Waals surface area contributed by atoms with E-state index in [0.29, 0.717) is 24.6 Å². The largest absolute Gasteiger partial charge is 0.398 e. The van der Waals surface area contributed by atoms with Gasteiger partial charge in [0, 0.05) is 31.0 Å². The van der Waals surface area contributed by atoms with E-state index in [1.807, 2.05) is 0 Å². The molecule has 4 N–H and O–H groups in total. The first-order valence-corrected chi connectivity index (χ1v) is 5.66. The van der Waals surface area contributed by atoms with E-state index in [9.17, 15) is 5.11 Å². The highest BCUT2D eigenvalue weighted by Crippen LogP contribution is 2.10. The highest BCUT2D eigenvalue weighted by molar-refractivity contribution is 5.44. The van der Waals surface area contributed by atoms with Crippen LogP contribution in [0.2, 0.25) is 0 Å². The molecule has 0 saturated heterocycles. The van der Waals surface area contributed by atoms with E-state index in [4.69, 9.17) is 5.73 Å². The van der Waals surface area contributed by atoms with Crippen molar-refractivity contribution in [3.63, 3.8) is 0 Å². The van der Waals surface area contributed by atoms with Gasteiger partial charge >= 0.3 is 0 Å². The van der Waals surface area contributed by atoms with E-state index in [0.717, 1.165) is 12.1 Å². The molecule has 1 heterocycles. The third-order valence-corrected chi connectivity index (χ3v) is 2.33. The zero-order chi connectivity index (χ0) is 12.0. The Hall–Kier alpha value is -1.13. The molecule has 0 bridgehead atoms. The number of anilines is 1. The fraction of sp³-hybridized carbons (Fsp3) is 0.583. The molecule has 0 saturated carbocycles. The van der Waals surface area contributed by atoms with Crippen LogP contribution in [0.4, 0.5) is 5.69 Å². The van der Waals surface area contributed by atoms with Crippen LogP contribution in [0.15, 0.2) is 18.5 Å². The number of aromatic nitrogens is 1. The third-order valence-electron chi connectivity index (χ3n) is 2.33. The number of nitrogens with zero attached hydrogens (tertiary/aromatic N) is 1. The average Bonchev–Trinajstić information content (AvgIpc) is 2.21. The summed E-state index contributed by atoms with van der Waals surface area (Å²) in [6.07, 6.45) is 3.50. The summed E-state index contributed by atoms with van der Waals surface area (Å²) in [6, 6.07) is 1.75. The molecule has 0 amide bonds. The van der Waals surface area contributed by atoms with Gasteiger partial charge in [-0.3, -0.25) is 4.98 Å². The molecule has 1 atom stereocenters. The van der Waals surface area contributed by atoms with E-state index in [1.165, 1.54) is 0 Å². The number of rotatable bonds is 6. The van der Waals surface area contributed by atoms with E-state index in [-0.39, 0.29) is 0 Å². The van der Waals surface area contributed by atoms with E-state index in [2.05, 4.69) is 24.1 Å². The molecule has 4 nitrogen and oxygen atoms in total. The van der Waals surface area contributed by atoms with Crippen LogP contribution in [0.1, 0.15) is 19.4 Å². The van der Waals surface area contributed by atoms with E-state index < -0.39 is 6.10 Å². The molecular weight excluding hydrogens is 202 g/mol. The maximum atomic E-state index is 9.79. The van der Waals surface area contributed by atoms with Gasteiger partial charge in [-0.25, -0.2) is 0 Å². The number of pyridine rings is 1. The van der Waals surface area contributed by atoms with Gasteiger partial charge in [0.2, 0.25) is 0 Å². The van der Waals surface area contributed by atoms with Crippen LogP contribution in [0, 0.1) is 5.92 Å². The first-order valence-electron chi connectivity index (χ1n) is 5.66. The lowest BCUT2D eigenvalue weighted by molar-refractivity contribution is 0.171. The summed E-state index contributed by atoms with van der Waals surface area (Å²) >= 11 is 0. The van der Waals surface area contributed by atoms with Gasteiger partial charge < -0.3 is 16.2 Å². The predicted octanol–water partition coefficient (Wildman–Crippen LogP) is 0.813. The van der Waals surface area contributed by atoms with Gasteiger partial charge in [-0.15, -0.1) is 0 Å². The van der Waals surface area contributed by atoms with Gasteiger partial charge in [0.15, 0.2) is 0 Å². The Labute approximate surface area is 96.9 Å². The zero-order valence-electron chi connectivity index (χ0n) is 9.98. The topological polar surface area (TPSA) is 71.2 Å².